The average Bonchev–Trinajstić information content (AvgIpc) is 2.33. The highest BCUT2D eigenvalue weighted by atomic mass is 14.9. The summed E-state index contributed by atoms with van der Waals surface area (Å²) in [5, 5.41) is 3.53. The predicted octanol–water partition coefficient (Wildman–Crippen LogP) is 3.90. The molecule has 16 heavy (non-hydrogen) atoms. The quantitative estimate of drug-likeness (QED) is 0.694. The Morgan fingerprint density at radius 3 is 2.56 bits per heavy atom. The molecule has 2 aromatic rings. The van der Waals surface area contributed by atoms with Crippen LogP contribution >= 0.6 is 0 Å². The molecule has 1 N–H and O–H groups in total. The Hall–Kier alpha value is -1.76. The molecule has 1 aliphatic rings. The lowest BCUT2D eigenvalue weighted by Crippen LogP contribution is -2.10. The molecular weight excluding hydrogens is 194 g/mol. The lowest BCUT2D eigenvalue weighted by molar-refractivity contribution is 1.11. The molecule has 1 nitrogen and oxygen atoms in total. The van der Waals surface area contributed by atoms with Crippen molar-refractivity contribution >= 4 is 5.69 Å². The zero-order chi connectivity index (χ0) is 11.1. The standard InChI is InChI=1S/C15H15N/c1-10-7-8-11(2)15-14(10)13-6-4-3-5-12(13)9-16-15/h3-8,16H,9H2,1-2H3. The fourth-order valence-corrected chi connectivity index (χ4v) is 2.49. The monoisotopic (exact) mass is 209 g/mol. The van der Waals surface area contributed by atoms with Gasteiger partial charge in [-0.3, -0.25) is 0 Å². The summed E-state index contributed by atoms with van der Waals surface area (Å²) in [6.07, 6.45) is 0. The van der Waals surface area contributed by atoms with Crippen LogP contribution in [-0.2, 0) is 6.54 Å². The van der Waals surface area contributed by atoms with Gasteiger partial charge in [0.05, 0.1) is 0 Å². The Kier molecular flexibility index (Phi) is 2.00. The van der Waals surface area contributed by atoms with Gasteiger partial charge in [0.2, 0.25) is 0 Å². The van der Waals surface area contributed by atoms with Crippen molar-refractivity contribution in [3.05, 3.63) is 53.1 Å². The zero-order valence-corrected chi connectivity index (χ0v) is 9.67. The largest absolute Gasteiger partial charge is 0.380 e. The molecule has 0 aromatic heterocycles. The molecule has 0 saturated carbocycles. The third-order valence-corrected chi connectivity index (χ3v) is 3.36. The lowest BCUT2D eigenvalue weighted by Gasteiger charge is -2.24. The van der Waals surface area contributed by atoms with Gasteiger partial charge in [-0.1, -0.05) is 36.4 Å². The summed E-state index contributed by atoms with van der Waals surface area (Å²) in [5.74, 6) is 0. The molecule has 0 atom stereocenters. The third kappa shape index (κ3) is 1.25. The summed E-state index contributed by atoms with van der Waals surface area (Å²) in [4.78, 5) is 0. The van der Waals surface area contributed by atoms with Gasteiger partial charge < -0.3 is 5.32 Å². The molecule has 2 aromatic carbocycles. The highest BCUT2D eigenvalue weighted by molar-refractivity contribution is 5.86. The molecule has 0 amide bonds. The van der Waals surface area contributed by atoms with E-state index < -0.39 is 0 Å². The van der Waals surface area contributed by atoms with E-state index in [-0.39, 0.29) is 0 Å². The molecule has 1 heterocycles. The van der Waals surface area contributed by atoms with Gasteiger partial charge in [-0.05, 0) is 36.1 Å². The van der Waals surface area contributed by atoms with Crippen LogP contribution in [0, 0.1) is 13.8 Å². The van der Waals surface area contributed by atoms with Crippen molar-refractivity contribution in [2.75, 3.05) is 5.32 Å². The van der Waals surface area contributed by atoms with Crippen LogP contribution in [0.25, 0.3) is 11.1 Å². The van der Waals surface area contributed by atoms with Gasteiger partial charge in [0, 0.05) is 17.8 Å². The number of benzene rings is 2. The maximum atomic E-state index is 3.53. The Labute approximate surface area is 96.1 Å². The summed E-state index contributed by atoms with van der Waals surface area (Å²) >= 11 is 0. The van der Waals surface area contributed by atoms with Crippen molar-refractivity contribution in [3.63, 3.8) is 0 Å². The first kappa shape index (κ1) is 9.46. The molecule has 1 aliphatic heterocycles. The topological polar surface area (TPSA) is 12.0 Å². The Bertz CT molecular complexity index is 555. The number of hydrogen-bond donors (Lipinski definition) is 1. The summed E-state index contributed by atoms with van der Waals surface area (Å²) < 4.78 is 0. The minimum Gasteiger partial charge on any atom is -0.380 e. The molecule has 80 valence electrons. The SMILES string of the molecule is Cc1ccc(C)c2c1NCc1ccccc1-2. The van der Waals surface area contributed by atoms with Gasteiger partial charge in [-0.25, -0.2) is 0 Å². The van der Waals surface area contributed by atoms with Crippen LogP contribution < -0.4 is 5.32 Å². The summed E-state index contributed by atoms with van der Waals surface area (Å²) in [5.41, 5.74) is 8.14. The maximum Gasteiger partial charge on any atom is 0.0455 e. The molecule has 0 radical (unpaired) electrons. The minimum atomic E-state index is 0.938. The van der Waals surface area contributed by atoms with E-state index in [2.05, 4.69) is 55.6 Å². The Morgan fingerprint density at radius 2 is 1.69 bits per heavy atom. The predicted molar refractivity (Wildman–Crippen MR) is 68.7 cm³/mol. The van der Waals surface area contributed by atoms with Gasteiger partial charge in [0.1, 0.15) is 0 Å². The normalized spacial score (nSPS) is 12.6. The fraction of sp³-hybridized carbons (Fsp3) is 0.200. The van der Waals surface area contributed by atoms with Gasteiger partial charge in [0.25, 0.3) is 0 Å². The smallest absolute Gasteiger partial charge is 0.0455 e. The number of nitrogens with one attached hydrogen (secondary N) is 1. The van der Waals surface area contributed by atoms with Crippen LogP contribution in [0.4, 0.5) is 5.69 Å². The van der Waals surface area contributed by atoms with Gasteiger partial charge >= 0.3 is 0 Å². The van der Waals surface area contributed by atoms with Crippen LogP contribution in [0.2, 0.25) is 0 Å². The van der Waals surface area contributed by atoms with Crippen LogP contribution in [-0.4, -0.2) is 0 Å². The summed E-state index contributed by atoms with van der Waals surface area (Å²) in [6.45, 7) is 5.29. The van der Waals surface area contributed by atoms with E-state index in [1.54, 1.807) is 0 Å². The van der Waals surface area contributed by atoms with Crippen molar-refractivity contribution in [2.45, 2.75) is 20.4 Å². The molecule has 0 aliphatic carbocycles. The van der Waals surface area contributed by atoms with E-state index in [4.69, 9.17) is 0 Å². The van der Waals surface area contributed by atoms with Crippen LogP contribution in [0.3, 0.4) is 0 Å². The Morgan fingerprint density at radius 1 is 0.938 bits per heavy atom. The number of rotatable bonds is 0. The Balaban J connectivity index is 2.35. The first-order chi connectivity index (χ1) is 7.77. The van der Waals surface area contributed by atoms with Crippen molar-refractivity contribution < 1.29 is 0 Å². The molecule has 0 bridgehead atoms. The number of aryl methyl sites for hydroxylation is 2. The van der Waals surface area contributed by atoms with Crippen molar-refractivity contribution in [1.29, 1.82) is 0 Å². The van der Waals surface area contributed by atoms with Crippen LogP contribution in [0.1, 0.15) is 16.7 Å². The first-order valence-corrected chi connectivity index (χ1v) is 5.70. The maximum absolute atomic E-state index is 3.53. The molecule has 0 unspecified atom stereocenters. The van der Waals surface area contributed by atoms with E-state index in [1.807, 2.05) is 0 Å². The second-order valence-corrected chi connectivity index (χ2v) is 4.46. The first-order valence-electron chi connectivity index (χ1n) is 5.70. The molecule has 0 saturated heterocycles. The number of hydrogen-bond acceptors (Lipinski definition) is 1. The van der Waals surface area contributed by atoms with E-state index in [0.29, 0.717) is 0 Å². The fourth-order valence-electron chi connectivity index (χ4n) is 2.49. The highest BCUT2D eigenvalue weighted by Gasteiger charge is 2.17. The molecule has 3 rings (SSSR count). The molecule has 0 spiro atoms. The van der Waals surface area contributed by atoms with E-state index >= 15 is 0 Å². The third-order valence-electron chi connectivity index (χ3n) is 3.36. The van der Waals surface area contributed by atoms with Gasteiger partial charge in [0.15, 0.2) is 0 Å². The van der Waals surface area contributed by atoms with Crippen molar-refractivity contribution in [2.24, 2.45) is 0 Å². The summed E-state index contributed by atoms with van der Waals surface area (Å²) in [6, 6.07) is 13.0. The second-order valence-electron chi connectivity index (χ2n) is 4.46. The minimum absolute atomic E-state index is 0.938. The van der Waals surface area contributed by atoms with Gasteiger partial charge in [-0.2, -0.15) is 0 Å². The van der Waals surface area contributed by atoms with Crippen molar-refractivity contribution in [3.8, 4) is 11.1 Å². The molecule has 0 fully saturated rings. The second kappa shape index (κ2) is 3.38. The molecular formula is C15H15N. The zero-order valence-electron chi connectivity index (χ0n) is 9.67. The van der Waals surface area contributed by atoms with E-state index in [1.165, 1.54) is 33.5 Å². The lowest BCUT2D eigenvalue weighted by atomic mass is 9.89. The molecule has 1 heteroatoms. The number of anilines is 1. The highest BCUT2D eigenvalue weighted by Crippen LogP contribution is 2.39. The van der Waals surface area contributed by atoms with E-state index in [9.17, 15) is 0 Å². The average molecular weight is 209 g/mol. The van der Waals surface area contributed by atoms with E-state index in [0.717, 1.165) is 6.54 Å². The number of fused-ring (bicyclic) bond motifs is 3. The van der Waals surface area contributed by atoms with Crippen molar-refractivity contribution in [1.82, 2.24) is 0 Å². The van der Waals surface area contributed by atoms with Gasteiger partial charge in [-0.15, -0.1) is 0 Å². The summed E-state index contributed by atoms with van der Waals surface area (Å²) in [7, 11) is 0. The van der Waals surface area contributed by atoms with Crippen LogP contribution in [0.5, 0.6) is 0 Å². The van der Waals surface area contributed by atoms with Crippen LogP contribution in [0.15, 0.2) is 36.4 Å².